The second-order valence-corrected chi connectivity index (χ2v) is 6.67. The number of carbonyl (C=O) groups excluding carboxylic acids is 2. The molecule has 2 aromatic rings. The lowest BCUT2D eigenvalue weighted by atomic mass is 10.0. The van der Waals surface area contributed by atoms with Gasteiger partial charge in [0, 0.05) is 0 Å². The van der Waals surface area contributed by atoms with Gasteiger partial charge in [-0.15, -0.1) is 0 Å². The van der Waals surface area contributed by atoms with Crippen LogP contribution in [0.1, 0.15) is 25.0 Å². The number of benzene rings is 2. The molecule has 0 saturated carbocycles. The largest absolute Gasteiger partial charge is 0.491 e. The van der Waals surface area contributed by atoms with Gasteiger partial charge in [0.05, 0.1) is 18.6 Å². The average molecular weight is 353 g/mol. The third kappa shape index (κ3) is 4.42. The lowest BCUT2D eigenvalue weighted by Crippen LogP contribution is -2.41. The third-order valence-corrected chi connectivity index (χ3v) is 4.17. The Kier molecular flexibility index (Phi) is 5.56. The van der Waals surface area contributed by atoms with E-state index in [1.165, 1.54) is 4.90 Å². The van der Waals surface area contributed by atoms with Crippen LogP contribution in [0.3, 0.4) is 0 Å². The lowest BCUT2D eigenvalue weighted by Gasteiger charge is -2.20. The molecule has 5 nitrogen and oxygen atoms in total. The maximum absolute atomic E-state index is 12.7. The van der Waals surface area contributed by atoms with Crippen LogP contribution in [0.25, 0.3) is 0 Å². The van der Waals surface area contributed by atoms with Gasteiger partial charge in [0.25, 0.3) is 0 Å². The van der Waals surface area contributed by atoms with Gasteiger partial charge in [-0.3, -0.25) is 4.79 Å². The highest BCUT2D eigenvalue weighted by Gasteiger charge is 2.37. The van der Waals surface area contributed by atoms with Gasteiger partial charge in [0.15, 0.2) is 0 Å². The van der Waals surface area contributed by atoms with Crippen molar-refractivity contribution in [2.45, 2.75) is 38.8 Å². The van der Waals surface area contributed by atoms with E-state index in [4.69, 9.17) is 9.47 Å². The topological polar surface area (TPSA) is 55.8 Å². The Hall–Kier alpha value is -2.82. The van der Waals surface area contributed by atoms with Crippen LogP contribution in [0.15, 0.2) is 54.6 Å². The molecule has 1 saturated heterocycles. The Morgan fingerprint density at radius 1 is 1.15 bits per heavy atom. The molecule has 0 bridgehead atoms. The summed E-state index contributed by atoms with van der Waals surface area (Å²) in [5.41, 5.74) is 1.88. The summed E-state index contributed by atoms with van der Waals surface area (Å²) in [5.74, 6) is 0.463. The lowest BCUT2D eigenvalue weighted by molar-refractivity contribution is -0.128. The van der Waals surface area contributed by atoms with Gasteiger partial charge < -0.3 is 9.47 Å². The summed E-state index contributed by atoms with van der Waals surface area (Å²) in [5, 5.41) is 0. The molecule has 5 heteroatoms. The Balaban J connectivity index is 1.70. The van der Waals surface area contributed by atoms with Crippen LogP contribution in [0.2, 0.25) is 0 Å². The molecule has 2 amide bonds. The fourth-order valence-electron chi connectivity index (χ4n) is 3.06. The van der Waals surface area contributed by atoms with Crippen molar-refractivity contribution in [3.05, 3.63) is 65.7 Å². The molecule has 1 heterocycles. The van der Waals surface area contributed by atoms with E-state index < -0.39 is 6.09 Å². The average Bonchev–Trinajstić information content (AvgIpc) is 2.96. The number of nitrogens with zero attached hydrogens (tertiary/aromatic N) is 1. The summed E-state index contributed by atoms with van der Waals surface area (Å²) in [6, 6.07) is 16.9. The summed E-state index contributed by atoms with van der Waals surface area (Å²) in [6.07, 6.45) is 0.222. The second kappa shape index (κ2) is 8.04. The number of carbonyl (C=O) groups is 2. The second-order valence-electron chi connectivity index (χ2n) is 6.67. The van der Waals surface area contributed by atoms with Gasteiger partial charge in [0.1, 0.15) is 12.4 Å². The summed E-state index contributed by atoms with van der Waals surface area (Å²) >= 11 is 0. The molecule has 1 aliphatic rings. The monoisotopic (exact) mass is 353 g/mol. The number of hydrogen-bond donors (Lipinski definition) is 0. The molecule has 26 heavy (non-hydrogen) atoms. The van der Waals surface area contributed by atoms with Crippen molar-refractivity contribution in [1.82, 2.24) is 4.90 Å². The zero-order valence-electron chi connectivity index (χ0n) is 15.1. The molecule has 0 radical (unpaired) electrons. The van der Waals surface area contributed by atoms with Crippen molar-refractivity contribution >= 4 is 12.0 Å². The quantitative estimate of drug-likeness (QED) is 0.796. The number of imide groups is 1. The van der Waals surface area contributed by atoms with E-state index in [0.29, 0.717) is 6.42 Å². The summed E-state index contributed by atoms with van der Waals surface area (Å²) in [6.45, 7) is 4.13. The summed E-state index contributed by atoms with van der Waals surface area (Å²) in [7, 11) is 0. The van der Waals surface area contributed by atoms with Gasteiger partial charge in [0.2, 0.25) is 5.91 Å². The van der Waals surface area contributed by atoms with E-state index >= 15 is 0 Å². The number of hydrogen-bond acceptors (Lipinski definition) is 4. The minimum Gasteiger partial charge on any atom is -0.491 e. The molecule has 0 spiro atoms. The molecule has 0 aliphatic carbocycles. The number of ether oxygens (including phenoxy) is 2. The van der Waals surface area contributed by atoms with Gasteiger partial charge in [-0.2, -0.15) is 0 Å². The van der Waals surface area contributed by atoms with Crippen molar-refractivity contribution in [3.63, 3.8) is 0 Å². The van der Waals surface area contributed by atoms with Crippen molar-refractivity contribution < 1.29 is 19.1 Å². The molecule has 1 fully saturated rings. The molecule has 2 aromatic carbocycles. The Morgan fingerprint density at radius 2 is 1.88 bits per heavy atom. The predicted molar refractivity (Wildman–Crippen MR) is 98.0 cm³/mol. The smallest absolute Gasteiger partial charge is 0.416 e. The maximum Gasteiger partial charge on any atom is 0.416 e. The van der Waals surface area contributed by atoms with E-state index in [1.54, 1.807) is 0 Å². The highest BCUT2D eigenvalue weighted by atomic mass is 16.6. The first-order valence-corrected chi connectivity index (χ1v) is 8.81. The van der Waals surface area contributed by atoms with Crippen LogP contribution in [0.4, 0.5) is 4.79 Å². The first-order chi connectivity index (χ1) is 12.5. The predicted octanol–water partition coefficient (Wildman–Crippen LogP) is 3.61. The number of amides is 2. The molecule has 0 unspecified atom stereocenters. The van der Waals surface area contributed by atoms with Crippen LogP contribution in [0, 0.1) is 0 Å². The van der Waals surface area contributed by atoms with E-state index in [2.05, 4.69) is 0 Å². The van der Waals surface area contributed by atoms with Gasteiger partial charge in [-0.1, -0.05) is 42.5 Å². The van der Waals surface area contributed by atoms with Crippen molar-refractivity contribution in [3.8, 4) is 5.75 Å². The summed E-state index contributed by atoms with van der Waals surface area (Å²) < 4.78 is 10.8. The van der Waals surface area contributed by atoms with Crippen LogP contribution in [-0.2, 0) is 22.4 Å². The molecule has 1 aliphatic heterocycles. The summed E-state index contributed by atoms with van der Waals surface area (Å²) in [4.78, 5) is 26.1. The van der Waals surface area contributed by atoms with Gasteiger partial charge >= 0.3 is 6.09 Å². The highest BCUT2D eigenvalue weighted by molar-refractivity contribution is 5.94. The van der Waals surface area contributed by atoms with Crippen LogP contribution < -0.4 is 4.74 Å². The standard InChI is InChI=1S/C21H23NO4/c1-15(2)26-19-10-6-9-17(12-19)13-20(23)22-18(14-25-21(22)24)11-16-7-4-3-5-8-16/h3-10,12,15,18H,11,13-14H2,1-2H3/t18-/m0/s1. The van der Waals surface area contributed by atoms with Crippen LogP contribution in [0.5, 0.6) is 5.75 Å². The van der Waals surface area contributed by atoms with Crippen LogP contribution in [-0.4, -0.2) is 35.7 Å². The van der Waals surface area contributed by atoms with Gasteiger partial charge in [-0.25, -0.2) is 9.69 Å². The maximum atomic E-state index is 12.7. The SMILES string of the molecule is CC(C)Oc1cccc(CC(=O)N2C(=O)OC[C@@H]2Cc2ccccc2)c1. The van der Waals surface area contributed by atoms with E-state index in [-0.39, 0.29) is 31.1 Å². The minimum absolute atomic E-state index is 0.0600. The molecule has 1 atom stereocenters. The number of cyclic esters (lactones) is 1. The first kappa shape index (κ1) is 18.0. The fraction of sp³-hybridized carbons (Fsp3) is 0.333. The van der Waals surface area contributed by atoms with Gasteiger partial charge in [-0.05, 0) is 43.5 Å². The zero-order valence-corrected chi connectivity index (χ0v) is 15.1. The van der Waals surface area contributed by atoms with Crippen molar-refractivity contribution in [2.75, 3.05) is 6.61 Å². The van der Waals surface area contributed by atoms with E-state index in [1.807, 2.05) is 68.4 Å². The fourth-order valence-corrected chi connectivity index (χ4v) is 3.06. The zero-order chi connectivity index (χ0) is 18.5. The molecule has 136 valence electrons. The highest BCUT2D eigenvalue weighted by Crippen LogP contribution is 2.20. The Bertz CT molecular complexity index is 773. The molecular formula is C21H23NO4. The van der Waals surface area contributed by atoms with Crippen molar-refractivity contribution in [1.29, 1.82) is 0 Å². The molecule has 0 N–H and O–H groups in total. The van der Waals surface area contributed by atoms with Crippen LogP contribution >= 0.6 is 0 Å². The molecule has 0 aromatic heterocycles. The molecule has 3 rings (SSSR count). The van der Waals surface area contributed by atoms with E-state index in [9.17, 15) is 9.59 Å². The molecular weight excluding hydrogens is 330 g/mol. The van der Waals surface area contributed by atoms with Crippen molar-refractivity contribution in [2.24, 2.45) is 0 Å². The number of rotatable bonds is 6. The first-order valence-electron chi connectivity index (χ1n) is 8.81. The Morgan fingerprint density at radius 3 is 2.62 bits per heavy atom. The third-order valence-electron chi connectivity index (χ3n) is 4.17. The normalized spacial score (nSPS) is 16.7. The Labute approximate surface area is 153 Å². The minimum atomic E-state index is -0.564. The van der Waals surface area contributed by atoms with E-state index in [0.717, 1.165) is 16.9 Å².